The summed E-state index contributed by atoms with van der Waals surface area (Å²) in [7, 11) is 2.14. The molecule has 1 unspecified atom stereocenters. The number of nitrogens with zero attached hydrogens (tertiary/aromatic N) is 1. The Morgan fingerprint density at radius 3 is 2.62 bits per heavy atom. The van der Waals surface area contributed by atoms with Crippen LogP contribution in [0.1, 0.15) is 32.3 Å². The highest BCUT2D eigenvalue weighted by atomic mass is 15.1. The van der Waals surface area contributed by atoms with Crippen LogP contribution in [-0.2, 0) is 0 Å². The molecule has 0 aromatic heterocycles. The third-order valence-corrected chi connectivity index (χ3v) is 3.50. The SMILES string of the molecule is CC=CC1=C(C)N(C)c2ccccc2C1C. The van der Waals surface area contributed by atoms with Crippen molar-refractivity contribution in [2.24, 2.45) is 0 Å². The number of benzene rings is 1. The Balaban J connectivity index is 2.58. The predicted octanol–water partition coefficient (Wildman–Crippen LogP) is 4.09. The van der Waals surface area contributed by atoms with E-state index >= 15 is 0 Å². The van der Waals surface area contributed by atoms with Gasteiger partial charge in [0.15, 0.2) is 0 Å². The van der Waals surface area contributed by atoms with E-state index in [1.54, 1.807) is 0 Å². The Morgan fingerprint density at radius 2 is 1.94 bits per heavy atom. The Bertz CT molecular complexity index is 454. The second-order valence-corrected chi connectivity index (χ2v) is 4.38. The van der Waals surface area contributed by atoms with Crippen LogP contribution in [0.25, 0.3) is 0 Å². The molecule has 1 aromatic carbocycles. The van der Waals surface area contributed by atoms with E-state index < -0.39 is 0 Å². The average Bonchev–Trinajstić information content (AvgIpc) is 2.32. The van der Waals surface area contributed by atoms with Gasteiger partial charge in [0, 0.05) is 24.4 Å². The van der Waals surface area contributed by atoms with Crippen molar-refractivity contribution in [2.45, 2.75) is 26.7 Å². The highest BCUT2D eigenvalue weighted by molar-refractivity contribution is 5.65. The van der Waals surface area contributed by atoms with Crippen molar-refractivity contribution in [1.82, 2.24) is 0 Å². The van der Waals surface area contributed by atoms with E-state index in [1.807, 2.05) is 0 Å². The first-order valence-corrected chi connectivity index (χ1v) is 5.83. The second kappa shape index (κ2) is 4.17. The Kier molecular flexibility index (Phi) is 2.86. The molecule has 0 amide bonds. The lowest BCUT2D eigenvalue weighted by molar-refractivity contribution is 0.843. The number of rotatable bonds is 1. The van der Waals surface area contributed by atoms with Crippen molar-refractivity contribution in [3.63, 3.8) is 0 Å². The van der Waals surface area contributed by atoms with Gasteiger partial charge in [0.05, 0.1) is 0 Å². The molecule has 0 bridgehead atoms. The summed E-state index contributed by atoms with van der Waals surface area (Å²) in [5, 5.41) is 0. The second-order valence-electron chi connectivity index (χ2n) is 4.38. The molecule has 1 aliphatic rings. The van der Waals surface area contributed by atoms with Crippen LogP contribution in [0.15, 0.2) is 47.7 Å². The summed E-state index contributed by atoms with van der Waals surface area (Å²) >= 11 is 0. The van der Waals surface area contributed by atoms with Crippen LogP contribution in [0.3, 0.4) is 0 Å². The maximum absolute atomic E-state index is 2.28. The molecular weight excluding hydrogens is 194 g/mol. The summed E-state index contributed by atoms with van der Waals surface area (Å²) in [4.78, 5) is 2.28. The summed E-state index contributed by atoms with van der Waals surface area (Å²) in [5.74, 6) is 0.489. The molecule has 16 heavy (non-hydrogen) atoms. The largest absolute Gasteiger partial charge is 0.348 e. The lowest BCUT2D eigenvalue weighted by Gasteiger charge is -2.34. The van der Waals surface area contributed by atoms with Crippen LogP contribution in [0.4, 0.5) is 5.69 Å². The van der Waals surface area contributed by atoms with Gasteiger partial charge in [-0.1, -0.05) is 37.3 Å². The first-order valence-electron chi connectivity index (χ1n) is 5.83. The Morgan fingerprint density at radius 1 is 1.25 bits per heavy atom. The third kappa shape index (κ3) is 1.57. The predicted molar refractivity (Wildman–Crippen MR) is 70.8 cm³/mol. The number of fused-ring (bicyclic) bond motifs is 1. The molecule has 1 nitrogen and oxygen atoms in total. The number of allylic oxidation sites excluding steroid dienone is 4. The van der Waals surface area contributed by atoms with Gasteiger partial charge in [0.2, 0.25) is 0 Å². The number of hydrogen-bond acceptors (Lipinski definition) is 1. The molecule has 84 valence electrons. The molecule has 1 heteroatoms. The van der Waals surface area contributed by atoms with Crippen molar-refractivity contribution in [3.8, 4) is 0 Å². The van der Waals surface area contributed by atoms with E-state index in [9.17, 15) is 0 Å². The fourth-order valence-corrected chi connectivity index (χ4v) is 2.46. The number of anilines is 1. The smallest absolute Gasteiger partial charge is 0.0444 e. The minimum atomic E-state index is 0.489. The molecule has 0 saturated heterocycles. The first-order chi connectivity index (χ1) is 7.66. The first kappa shape index (κ1) is 11.0. The molecule has 0 radical (unpaired) electrons. The van der Waals surface area contributed by atoms with Gasteiger partial charge in [-0.25, -0.2) is 0 Å². The van der Waals surface area contributed by atoms with Gasteiger partial charge in [0.25, 0.3) is 0 Å². The molecule has 1 atom stereocenters. The van der Waals surface area contributed by atoms with Gasteiger partial charge in [-0.3, -0.25) is 0 Å². The van der Waals surface area contributed by atoms with Gasteiger partial charge in [-0.2, -0.15) is 0 Å². The molecule has 1 heterocycles. The highest BCUT2D eigenvalue weighted by Crippen LogP contribution is 2.40. The molecule has 0 N–H and O–H groups in total. The molecule has 1 aliphatic heterocycles. The zero-order chi connectivity index (χ0) is 11.7. The van der Waals surface area contributed by atoms with Crippen molar-refractivity contribution < 1.29 is 0 Å². The van der Waals surface area contributed by atoms with E-state index in [2.05, 4.69) is 69.1 Å². The minimum Gasteiger partial charge on any atom is -0.348 e. The summed E-state index contributed by atoms with van der Waals surface area (Å²) < 4.78 is 0. The van der Waals surface area contributed by atoms with Crippen molar-refractivity contribution in [3.05, 3.63) is 53.3 Å². The quantitative estimate of drug-likeness (QED) is 0.679. The average molecular weight is 213 g/mol. The van der Waals surface area contributed by atoms with Gasteiger partial charge < -0.3 is 4.90 Å². The standard InChI is InChI=1S/C15H19N/c1-5-8-13-11(2)14-9-6-7-10-15(14)16(4)12(13)3/h5-11H,1-4H3. The maximum atomic E-state index is 2.28. The summed E-state index contributed by atoms with van der Waals surface area (Å²) in [6.45, 7) is 6.56. The van der Waals surface area contributed by atoms with Gasteiger partial charge in [0.1, 0.15) is 0 Å². The van der Waals surface area contributed by atoms with E-state index in [4.69, 9.17) is 0 Å². The Hall–Kier alpha value is -1.50. The molecular formula is C15H19N. The molecule has 1 aromatic rings. The van der Waals surface area contributed by atoms with Crippen molar-refractivity contribution in [1.29, 1.82) is 0 Å². The van der Waals surface area contributed by atoms with Crippen LogP contribution < -0.4 is 4.90 Å². The molecule has 2 rings (SSSR count). The van der Waals surface area contributed by atoms with E-state index in [-0.39, 0.29) is 0 Å². The lowest BCUT2D eigenvalue weighted by Crippen LogP contribution is -2.23. The van der Waals surface area contributed by atoms with Gasteiger partial charge >= 0.3 is 0 Å². The van der Waals surface area contributed by atoms with Crippen LogP contribution in [0, 0.1) is 0 Å². The number of para-hydroxylation sites is 1. The normalized spacial score (nSPS) is 20.5. The highest BCUT2D eigenvalue weighted by Gasteiger charge is 2.23. The zero-order valence-corrected chi connectivity index (χ0v) is 10.5. The van der Waals surface area contributed by atoms with E-state index in [1.165, 1.54) is 22.5 Å². The van der Waals surface area contributed by atoms with Crippen molar-refractivity contribution in [2.75, 3.05) is 11.9 Å². The van der Waals surface area contributed by atoms with Gasteiger partial charge in [-0.15, -0.1) is 0 Å². The monoisotopic (exact) mass is 213 g/mol. The molecule has 0 saturated carbocycles. The van der Waals surface area contributed by atoms with Gasteiger partial charge in [-0.05, 0) is 31.1 Å². The minimum absolute atomic E-state index is 0.489. The maximum Gasteiger partial charge on any atom is 0.0444 e. The van der Waals surface area contributed by atoms with Crippen LogP contribution in [-0.4, -0.2) is 7.05 Å². The molecule has 0 spiro atoms. The summed E-state index contributed by atoms with van der Waals surface area (Å²) in [5.41, 5.74) is 5.53. The molecule has 0 aliphatic carbocycles. The van der Waals surface area contributed by atoms with Crippen LogP contribution in [0.2, 0.25) is 0 Å². The third-order valence-electron chi connectivity index (χ3n) is 3.50. The van der Waals surface area contributed by atoms with Crippen LogP contribution >= 0.6 is 0 Å². The topological polar surface area (TPSA) is 3.24 Å². The van der Waals surface area contributed by atoms with E-state index in [0.717, 1.165) is 0 Å². The fraction of sp³-hybridized carbons (Fsp3) is 0.333. The van der Waals surface area contributed by atoms with E-state index in [0.29, 0.717) is 5.92 Å². The summed E-state index contributed by atoms with van der Waals surface area (Å²) in [6, 6.07) is 8.65. The summed E-state index contributed by atoms with van der Waals surface area (Å²) in [6.07, 6.45) is 4.35. The molecule has 0 fully saturated rings. The zero-order valence-electron chi connectivity index (χ0n) is 10.5. The Labute approximate surface area is 98.1 Å². The number of hydrogen-bond donors (Lipinski definition) is 0. The fourth-order valence-electron chi connectivity index (χ4n) is 2.46. The van der Waals surface area contributed by atoms with Crippen LogP contribution in [0.5, 0.6) is 0 Å². The lowest BCUT2D eigenvalue weighted by atomic mass is 9.86. The van der Waals surface area contributed by atoms with Crippen molar-refractivity contribution >= 4 is 5.69 Å².